The second-order valence-electron chi connectivity index (χ2n) is 4.88. The van der Waals surface area contributed by atoms with E-state index in [9.17, 15) is 14.3 Å². The zero-order valence-corrected chi connectivity index (χ0v) is 11.7. The molecule has 0 aromatic heterocycles. The van der Waals surface area contributed by atoms with E-state index in [0.717, 1.165) is 22.9 Å². The van der Waals surface area contributed by atoms with Crippen molar-refractivity contribution in [3.05, 3.63) is 34.9 Å². The number of carbonyl (C=O) groups excluding carboxylic acids is 1. The highest BCUT2D eigenvalue weighted by molar-refractivity contribution is 8.00. The summed E-state index contributed by atoms with van der Waals surface area (Å²) < 4.78 is 18.3. The summed E-state index contributed by atoms with van der Waals surface area (Å²) in [5.74, 6) is -0.399. The van der Waals surface area contributed by atoms with E-state index in [0.29, 0.717) is 5.56 Å². The average molecular weight is 284 g/mol. The van der Waals surface area contributed by atoms with Crippen LogP contribution in [0, 0.1) is 13.8 Å². The van der Waals surface area contributed by atoms with Crippen LogP contribution in [0.1, 0.15) is 27.9 Å². The molecule has 1 fully saturated rings. The highest BCUT2D eigenvalue weighted by Gasteiger charge is 2.34. The molecule has 0 bridgehead atoms. The van der Waals surface area contributed by atoms with Gasteiger partial charge in [0.25, 0.3) is 0 Å². The van der Waals surface area contributed by atoms with Crippen LogP contribution < -0.4 is 0 Å². The lowest BCUT2D eigenvalue weighted by Crippen LogP contribution is -2.15. The molecule has 1 saturated heterocycles. The van der Waals surface area contributed by atoms with Crippen LogP contribution in [0.15, 0.2) is 18.2 Å². The Hall–Kier alpha value is -1.07. The molecule has 0 amide bonds. The van der Waals surface area contributed by atoms with Gasteiger partial charge in [0.15, 0.2) is 0 Å². The summed E-state index contributed by atoms with van der Waals surface area (Å²) in [5.41, 5.74) is 1.52. The Morgan fingerprint density at radius 3 is 2.58 bits per heavy atom. The minimum absolute atomic E-state index is 0.133. The maximum atomic E-state index is 13.1. The van der Waals surface area contributed by atoms with Gasteiger partial charge in [0.2, 0.25) is 0 Å². The smallest absolute Gasteiger partial charge is 0.338 e. The van der Waals surface area contributed by atoms with Gasteiger partial charge in [-0.3, -0.25) is 0 Å². The number of hydrogen-bond acceptors (Lipinski definition) is 4. The van der Waals surface area contributed by atoms with Gasteiger partial charge in [-0.25, -0.2) is 9.18 Å². The molecule has 1 aliphatic rings. The minimum atomic E-state index is -1.23. The Balaban J connectivity index is 1.91. The number of esters is 1. The van der Waals surface area contributed by atoms with Gasteiger partial charge in [-0.05, 0) is 32.4 Å². The first-order valence-corrected chi connectivity index (χ1v) is 7.13. The fourth-order valence-corrected chi connectivity index (χ4v) is 3.27. The van der Waals surface area contributed by atoms with Crippen LogP contribution in [-0.2, 0) is 4.74 Å². The van der Waals surface area contributed by atoms with E-state index in [2.05, 4.69) is 0 Å². The molecule has 0 saturated carbocycles. The molecule has 2 rings (SSSR count). The van der Waals surface area contributed by atoms with Crippen LogP contribution in [0.3, 0.4) is 0 Å². The van der Waals surface area contributed by atoms with Crippen molar-refractivity contribution in [2.24, 2.45) is 0 Å². The molecule has 0 radical (unpaired) electrons. The normalized spacial score (nSPS) is 26.4. The Kier molecular flexibility index (Phi) is 4.47. The number of halogens is 1. The molecular formula is C14H17FO3S. The largest absolute Gasteiger partial charge is 0.461 e. The summed E-state index contributed by atoms with van der Waals surface area (Å²) in [6.45, 7) is 3.97. The number of ether oxygens (including phenoxy) is 1. The summed E-state index contributed by atoms with van der Waals surface area (Å²) in [6, 6.07) is 5.52. The Morgan fingerprint density at radius 2 is 2.05 bits per heavy atom. The number of carbonyl (C=O) groups is 1. The van der Waals surface area contributed by atoms with Gasteiger partial charge in [0, 0.05) is 5.25 Å². The molecule has 3 unspecified atom stereocenters. The number of aliphatic hydroxyl groups excluding tert-OH is 1. The van der Waals surface area contributed by atoms with Gasteiger partial charge < -0.3 is 9.84 Å². The van der Waals surface area contributed by atoms with Crippen LogP contribution in [0.2, 0.25) is 0 Å². The Bertz CT molecular complexity index is 448. The molecule has 3 nitrogen and oxygen atoms in total. The van der Waals surface area contributed by atoms with E-state index in [-0.39, 0.29) is 18.3 Å². The first-order valence-electron chi connectivity index (χ1n) is 6.18. The molecule has 19 heavy (non-hydrogen) atoms. The molecular weight excluding hydrogens is 267 g/mol. The van der Waals surface area contributed by atoms with E-state index in [4.69, 9.17) is 4.74 Å². The Morgan fingerprint density at radius 1 is 1.42 bits per heavy atom. The number of alkyl halides is 1. The van der Waals surface area contributed by atoms with E-state index < -0.39 is 17.6 Å². The fourth-order valence-electron chi connectivity index (χ4n) is 2.16. The van der Waals surface area contributed by atoms with Gasteiger partial charge in [-0.2, -0.15) is 0 Å². The van der Waals surface area contributed by atoms with E-state index >= 15 is 0 Å². The molecule has 1 aliphatic heterocycles. The van der Waals surface area contributed by atoms with Gasteiger partial charge in [-0.1, -0.05) is 17.2 Å². The Labute approximate surface area is 116 Å². The molecule has 1 N–H and O–H groups in total. The van der Waals surface area contributed by atoms with Crippen LogP contribution in [-0.4, -0.2) is 34.5 Å². The molecule has 0 aliphatic carbocycles. The van der Waals surface area contributed by atoms with Crippen molar-refractivity contribution in [2.75, 3.05) is 6.61 Å². The van der Waals surface area contributed by atoms with Crippen molar-refractivity contribution < 1.29 is 19.0 Å². The second-order valence-corrected chi connectivity index (χ2v) is 6.30. The zero-order chi connectivity index (χ0) is 14.0. The second kappa shape index (κ2) is 5.92. The number of aliphatic hydroxyl groups is 1. The lowest BCUT2D eigenvalue weighted by molar-refractivity contribution is 0.0498. The highest BCUT2D eigenvalue weighted by Crippen LogP contribution is 2.34. The summed E-state index contributed by atoms with van der Waals surface area (Å²) >= 11 is 1.12. The van der Waals surface area contributed by atoms with Crippen LogP contribution in [0.25, 0.3) is 0 Å². The summed E-state index contributed by atoms with van der Waals surface area (Å²) in [5, 5.41) is 9.10. The lowest BCUT2D eigenvalue weighted by Gasteiger charge is -2.10. The van der Waals surface area contributed by atoms with Crippen molar-refractivity contribution in [2.45, 2.75) is 37.1 Å². The quantitative estimate of drug-likeness (QED) is 0.867. The van der Waals surface area contributed by atoms with Gasteiger partial charge in [-0.15, -0.1) is 11.8 Å². The van der Waals surface area contributed by atoms with Crippen LogP contribution >= 0.6 is 11.8 Å². The molecule has 0 spiro atoms. The van der Waals surface area contributed by atoms with Gasteiger partial charge in [0.1, 0.15) is 18.2 Å². The van der Waals surface area contributed by atoms with Crippen molar-refractivity contribution in [1.29, 1.82) is 0 Å². The topological polar surface area (TPSA) is 46.5 Å². The molecule has 3 atom stereocenters. The molecule has 1 aromatic carbocycles. The third-order valence-corrected chi connectivity index (χ3v) is 4.27. The number of benzene rings is 1. The average Bonchev–Trinajstić information content (AvgIpc) is 2.64. The number of aryl methyl sites for hydroxylation is 2. The van der Waals surface area contributed by atoms with E-state index in [1.54, 1.807) is 12.1 Å². The molecule has 1 heterocycles. The fraction of sp³-hybridized carbons (Fsp3) is 0.500. The predicted molar refractivity (Wildman–Crippen MR) is 73.1 cm³/mol. The van der Waals surface area contributed by atoms with Crippen molar-refractivity contribution >= 4 is 17.7 Å². The molecule has 5 heteroatoms. The standard InChI is InChI=1S/C14H17FO3S/c1-8-3-9(2)5-10(4-8)13(16)18-7-11-6-12(15)14(17)19-11/h3-5,11-12,14,17H,6-7H2,1-2H3. The first-order chi connectivity index (χ1) is 8.95. The summed E-state index contributed by atoms with van der Waals surface area (Å²) in [6.07, 6.45) is -0.999. The van der Waals surface area contributed by atoms with Gasteiger partial charge >= 0.3 is 5.97 Å². The number of thioether (sulfide) groups is 1. The maximum absolute atomic E-state index is 13.1. The number of rotatable bonds is 3. The highest BCUT2D eigenvalue weighted by atomic mass is 32.2. The summed E-state index contributed by atoms with van der Waals surface area (Å²) in [4.78, 5) is 11.9. The third-order valence-electron chi connectivity index (χ3n) is 2.99. The first kappa shape index (κ1) is 14.3. The summed E-state index contributed by atoms with van der Waals surface area (Å²) in [7, 11) is 0. The molecule has 104 valence electrons. The van der Waals surface area contributed by atoms with E-state index in [1.165, 1.54) is 0 Å². The molecule has 1 aromatic rings. The maximum Gasteiger partial charge on any atom is 0.338 e. The third kappa shape index (κ3) is 3.70. The number of hydrogen-bond donors (Lipinski definition) is 1. The van der Waals surface area contributed by atoms with Crippen LogP contribution in [0.5, 0.6) is 0 Å². The van der Waals surface area contributed by atoms with E-state index in [1.807, 2.05) is 19.9 Å². The lowest BCUT2D eigenvalue weighted by atomic mass is 10.1. The van der Waals surface area contributed by atoms with Crippen molar-refractivity contribution in [3.63, 3.8) is 0 Å². The SMILES string of the molecule is Cc1cc(C)cc(C(=O)OCC2CC(F)C(O)S2)c1. The van der Waals surface area contributed by atoms with Crippen molar-refractivity contribution in [1.82, 2.24) is 0 Å². The van der Waals surface area contributed by atoms with Crippen LogP contribution in [0.4, 0.5) is 4.39 Å². The minimum Gasteiger partial charge on any atom is -0.461 e. The predicted octanol–water partition coefficient (Wildman–Crippen LogP) is 2.62. The van der Waals surface area contributed by atoms with Gasteiger partial charge in [0.05, 0.1) is 5.56 Å². The van der Waals surface area contributed by atoms with Crippen molar-refractivity contribution in [3.8, 4) is 0 Å². The zero-order valence-electron chi connectivity index (χ0n) is 10.9. The monoisotopic (exact) mass is 284 g/mol.